The quantitative estimate of drug-likeness (QED) is 0.630. The largest absolute Gasteiger partial charge is 0.429 e. The van der Waals surface area contributed by atoms with Crippen molar-refractivity contribution >= 4 is 17.1 Å². The van der Waals surface area contributed by atoms with E-state index in [0.717, 1.165) is 18.2 Å². The number of nitrogens with zero attached hydrogens (tertiary/aromatic N) is 3. The van der Waals surface area contributed by atoms with E-state index in [0.29, 0.717) is 25.6 Å². The number of alkyl halides is 6. The van der Waals surface area contributed by atoms with Crippen molar-refractivity contribution in [3.8, 4) is 0 Å². The highest BCUT2D eigenvalue weighted by Crippen LogP contribution is 2.46. The third-order valence-corrected chi connectivity index (χ3v) is 5.39. The van der Waals surface area contributed by atoms with Crippen LogP contribution in [0, 0.1) is 0 Å². The molecule has 3 rings (SSSR count). The average Bonchev–Trinajstić information content (AvgIpc) is 2.70. The van der Waals surface area contributed by atoms with Crippen molar-refractivity contribution in [1.82, 2.24) is 4.90 Å². The lowest BCUT2D eigenvalue weighted by atomic mass is 9.83. The van der Waals surface area contributed by atoms with Crippen molar-refractivity contribution < 1.29 is 31.4 Å². The number of rotatable bonds is 6. The van der Waals surface area contributed by atoms with E-state index in [1.165, 1.54) is 6.07 Å². The summed E-state index contributed by atoms with van der Waals surface area (Å²) in [7, 11) is 1.70. The lowest BCUT2D eigenvalue weighted by molar-refractivity contribution is -0.137. The number of benzene rings is 1. The molecule has 0 spiro atoms. The summed E-state index contributed by atoms with van der Waals surface area (Å²) >= 11 is 0. The van der Waals surface area contributed by atoms with Crippen molar-refractivity contribution in [2.45, 2.75) is 43.6 Å². The van der Waals surface area contributed by atoms with Gasteiger partial charge in [-0.2, -0.15) is 26.3 Å². The molecule has 0 fully saturated rings. The topological polar surface area (TPSA) is 48.2 Å². The van der Waals surface area contributed by atoms with E-state index in [2.05, 4.69) is 9.98 Å². The van der Waals surface area contributed by atoms with Gasteiger partial charge in [-0.3, -0.25) is 4.99 Å². The Morgan fingerprint density at radius 2 is 1.90 bits per heavy atom. The first-order valence-corrected chi connectivity index (χ1v) is 9.88. The minimum atomic E-state index is -4.88. The minimum Gasteiger partial charge on any atom is -0.391 e. The first-order valence-electron chi connectivity index (χ1n) is 9.88. The molecule has 31 heavy (non-hydrogen) atoms. The third kappa shape index (κ3) is 5.74. The van der Waals surface area contributed by atoms with E-state index in [1.54, 1.807) is 11.9 Å². The second-order valence-electron chi connectivity index (χ2n) is 7.75. The van der Waals surface area contributed by atoms with Crippen molar-refractivity contribution in [2.75, 3.05) is 26.7 Å². The number of aliphatic hydroxyl groups excluding tert-OH is 1. The number of fused-ring (bicyclic) bond motifs is 1. The molecule has 0 bridgehead atoms. The molecule has 0 radical (unpaired) electrons. The van der Waals surface area contributed by atoms with Gasteiger partial charge in [0.2, 0.25) is 0 Å². The summed E-state index contributed by atoms with van der Waals surface area (Å²) in [6, 6.07) is 3.14. The Balaban J connectivity index is 1.81. The molecule has 2 aliphatic heterocycles. The zero-order chi connectivity index (χ0) is 22.8. The van der Waals surface area contributed by atoms with Crippen LogP contribution < -0.4 is 0 Å². The molecule has 0 saturated heterocycles. The van der Waals surface area contributed by atoms with Crippen LogP contribution in [-0.4, -0.2) is 60.4 Å². The number of hydrogen-bond acceptors (Lipinski definition) is 4. The number of halogens is 6. The highest BCUT2D eigenvalue weighted by molar-refractivity contribution is 5.96. The van der Waals surface area contributed by atoms with Gasteiger partial charge in [0, 0.05) is 44.1 Å². The summed E-state index contributed by atoms with van der Waals surface area (Å²) in [5, 5.41) is 10.7. The monoisotopic (exact) mass is 447 g/mol. The fourth-order valence-electron chi connectivity index (χ4n) is 3.80. The Morgan fingerprint density at radius 3 is 2.52 bits per heavy atom. The molecule has 2 heterocycles. The molecule has 0 aliphatic carbocycles. The summed E-state index contributed by atoms with van der Waals surface area (Å²) in [4.78, 5) is 9.42. The van der Waals surface area contributed by atoms with E-state index in [1.807, 2.05) is 12.2 Å². The molecule has 4 nitrogen and oxygen atoms in total. The average molecular weight is 447 g/mol. The first-order chi connectivity index (χ1) is 14.5. The van der Waals surface area contributed by atoms with E-state index in [4.69, 9.17) is 0 Å². The molecule has 1 aromatic carbocycles. The zero-order valence-corrected chi connectivity index (χ0v) is 16.8. The summed E-state index contributed by atoms with van der Waals surface area (Å²) in [5.74, 6) is -1.15. The summed E-state index contributed by atoms with van der Waals surface area (Å²) in [6.45, 7) is 1.21. The number of dihydropyridines is 1. The standard InChI is InChI=1S/C21H23F6N3O/c1-30(10-8-13-5-2-3-9-28-13)12-17(31)15-11-18(21(25,26)27)29-19-14(15)6-4-7-16(19)20(22,23)24/h2,4-7,15,17,31H,3,8-12H2,1H3. The maximum Gasteiger partial charge on any atom is 0.429 e. The van der Waals surface area contributed by atoms with E-state index in [-0.39, 0.29) is 12.1 Å². The predicted octanol–water partition coefficient (Wildman–Crippen LogP) is 4.91. The number of likely N-dealkylation sites (N-methyl/N-ethyl adjacent to an activating group) is 1. The Bertz CT molecular complexity index is 888. The SMILES string of the molecule is CN(CCC1=NCCC=C1)CC(O)C1CC(C(F)(F)F)=Nc2c1cccc2C(F)(F)F. The number of allylic oxidation sites excluding steroid dienone is 1. The molecule has 2 unspecified atom stereocenters. The molecule has 1 aromatic rings. The zero-order valence-electron chi connectivity index (χ0n) is 16.8. The molecule has 2 atom stereocenters. The smallest absolute Gasteiger partial charge is 0.391 e. The highest BCUT2D eigenvalue weighted by atomic mass is 19.4. The normalized spacial score (nSPS) is 20.4. The molecular formula is C21H23F6N3O. The second kappa shape index (κ2) is 9.12. The fourth-order valence-corrected chi connectivity index (χ4v) is 3.80. The van der Waals surface area contributed by atoms with Gasteiger partial charge in [-0.05, 0) is 31.2 Å². The van der Waals surface area contributed by atoms with Gasteiger partial charge in [-0.25, -0.2) is 4.99 Å². The molecule has 1 N–H and O–H groups in total. The first kappa shape index (κ1) is 23.5. The third-order valence-electron chi connectivity index (χ3n) is 5.39. The van der Waals surface area contributed by atoms with E-state index < -0.39 is 47.8 Å². The van der Waals surface area contributed by atoms with Gasteiger partial charge in [0.15, 0.2) is 0 Å². The van der Waals surface area contributed by atoms with Gasteiger partial charge in [-0.1, -0.05) is 18.2 Å². The van der Waals surface area contributed by atoms with Crippen molar-refractivity contribution in [2.24, 2.45) is 9.98 Å². The van der Waals surface area contributed by atoms with Crippen LogP contribution in [-0.2, 0) is 6.18 Å². The lowest BCUT2D eigenvalue weighted by Crippen LogP contribution is -2.38. The van der Waals surface area contributed by atoms with Crippen LogP contribution in [0.2, 0.25) is 0 Å². The van der Waals surface area contributed by atoms with Crippen LogP contribution in [0.25, 0.3) is 0 Å². The minimum absolute atomic E-state index is 0.00246. The van der Waals surface area contributed by atoms with Crippen LogP contribution in [0.4, 0.5) is 32.0 Å². The molecule has 0 saturated carbocycles. The Morgan fingerprint density at radius 1 is 1.16 bits per heavy atom. The van der Waals surface area contributed by atoms with Gasteiger partial charge >= 0.3 is 12.4 Å². The van der Waals surface area contributed by atoms with Crippen molar-refractivity contribution in [1.29, 1.82) is 0 Å². The lowest BCUT2D eigenvalue weighted by Gasteiger charge is -2.32. The molecular weight excluding hydrogens is 424 g/mol. The molecule has 0 aromatic heterocycles. The fraction of sp³-hybridized carbons (Fsp3) is 0.524. The summed E-state index contributed by atoms with van der Waals surface area (Å²) in [6.07, 6.45) is -6.32. The van der Waals surface area contributed by atoms with Crippen LogP contribution in [0.5, 0.6) is 0 Å². The van der Waals surface area contributed by atoms with Crippen LogP contribution in [0.15, 0.2) is 40.3 Å². The number of aliphatic hydroxyl groups is 1. The van der Waals surface area contributed by atoms with Crippen molar-refractivity contribution in [3.05, 3.63) is 41.5 Å². The Hall–Kier alpha value is -2.20. The number of aliphatic imine (C=N–C) groups is 2. The van der Waals surface area contributed by atoms with Crippen LogP contribution >= 0.6 is 0 Å². The molecule has 170 valence electrons. The number of para-hydroxylation sites is 1. The van der Waals surface area contributed by atoms with Crippen LogP contribution in [0.1, 0.15) is 36.3 Å². The van der Waals surface area contributed by atoms with Gasteiger partial charge < -0.3 is 10.0 Å². The number of hydrogen-bond donors (Lipinski definition) is 1. The van der Waals surface area contributed by atoms with Gasteiger partial charge in [0.25, 0.3) is 0 Å². The van der Waals surface area contributed by atoms with Crippen LogP contribution in [0.3, 0.4) is 0 Å². The van der Waals surface area contributed by atoms with Gasteiger partial charge in [0.05, 0.1) is 17.4 Å². The summed E-state index contributed by atoms with van der Waals surface area (Å²) < 4.78 is 80.2. The van der Waals surface area contributed by atoms with Gasteiger partial charge in [0.1, 0.15) is 5.71 Å². The van der Waals surface area contributed by atoms with E-state index in [9.17, 15) is 31.4 Å². The predicted molar refractivity (Wildman–Crippen MR) is 106 cm³/mol. The molecule has 10 heteroatoms. The van der Waals surface area contributed by atoms with Crippen molar-refractivity contribution in [3.63, 3.8) is 0 Å². The maximum absolute atomic E-state index is 13.4. The molecule has 2 aliphatic rings. The second-order valence-corrected chi connectivity index (χ2v) is 7.75. The maximum atomic E-state index is 13.4. The Labute approximate surface area is 176 Å². The summed E-state index contributed by atoms with van der Waals surface area (Å²) in [5.41, 5.74) is -2.44. The van der Waals surface area contributed by atoms with Gasteiger partial charge in [-0.15, -0.1) is 0 Å². The molecule has 0 amide bonds. The van der Waals surface area contributed by atoms with E-state index >= 15 is 0 Å². The highest BCUT2D eigenvalue weighted by Gasteiger charge is 2.44. The Kier molecular flexibility index (Phi) is 6.90.